The topological polar surface area (TPSA) is 41.6 Å². The van der Waals surface area contributed by atoms with Gasteiger partial charge in [-0.05, 0) is 65.4 Å². The Morgan fingerprint density at radius 1 is 0.935 bits per heavy atom. The Kier molecular flexibility index (Phi) is 8.07. The third-order valence-electron chi connectivity index (χ3n) is 7.78. The minimum absolute atomic E-state index is 0.286. The lowest BCUT2D eigenvalue weighted by atomic mass is 9.74. The fourth-order valence-electron chi connectivity index (χ4n) is 5.85. The SMILES string of the molecule is CC(C)(CCN(C1(C)CCCCC1)C1(C)CCCCC1)NC(=O)OCc1ccccc1. The zero-order chi connectivity index (χ0) is 22.4. The van der Waals surface area contributed by atoms with Crippen molar-refractivity contribution in [3.63, 3.8) is 0 Å². The summed E-state index contributed by atoms with van der Waals surface area (Å²) in [5, 5.41) is 3.12. The van der Waals surface area contributed by atoms with Crippen molar-refractivity contribution in [3.05, 3.63) is 35.9 Å². The van der Waals surface area contributed by atoms with E-state index in [-0.39, 0.29) is 22.7 Å². The van der Waals surface area contributed by atoms with Gasteiger partial charge < -0.3 is 10.1 Å². The molecule has 0 heterocycles. The molecule has 1 N–H and O–H groups in total. The van der Waals surface area contributed by atoms with E-state index < -0.39 is 0 Å². The van der Waals surface area contributed by atoms with Gasteiger partial charge in [0, 0.05) is 23.2 Å². The van der Waals surface area contributed by atoms with Gasteiger partial charge in [0.25, 0.3) is 0 Å². The van der Waals surface area contributed by atoms with Gasteiger partial charge in [-0.3, -0.25) is 4.90 Å². The van der Waals surface area contributed by atoms with Crippen LogP contribution in [0.4, 0.5) is 4.79 Å². The number of hydrogen-bond acceptors (Lipinski definition) is 3. The van der Waals surface area contributed by atoms with Crippen molar-refractivity contribution in [1.29, 1.82) is 0 Å². The van der Waals surface area contributed by atoms with Gasteiger partial charge in [-0.25, -0.2) is 4.79 Å². The lowest BCUT2D eigenvalue weighted by Gasteiger charge is -2.55. The van der Waals surface area contributed by atoms with Crippen molar-refractivity contribution in [2.45, 2.75) is 122 Å². The first kappa shape index (κ1) is 24.1. The zero-order valence-corrected chi connectivity index (χ0v) is 20.3. The largest absolute Gasteiger partial charge is 0.445 e. The van der Waals surface area contributed by atoms with E-state index in [4.69, 9.17) is 4.74 Å². The molecule has 0 aromatic heterocycles. The summed E-state index contributed by atoms with van der Waals surface area (Å²) in [7, 11) is 0. The first-order chi connectivity index (χ1) is 14.7. The molecule has 1 aromatic carbocycles. The molecule has 31 heavy (non-hydrogen) atoms. The normalized spacial score (nSPS) is 20.9. The summed E-state index contributed by atoms with van der Waals surface area (Å²) >= 11 is 0. The molecule has 2 aliphatic carbocycles. The number of hydrogen-bond donors (Lipinski definition) is 1. The molecule has 0 atom stereocenters. The number of alkyl carbamates (subject to hydrolysis) is 1. The van der Waals surface area contributed by atoms with Gasteiger partial charge in [-0.1, -0.05) is 68.9 Å². The Bertz CT molecular complexity index is 664. The molecule has 0 radical (unpaired) electrons. The van der Waals surface area contributed by atoms with Crippen molar-refractivity contribution >= 4 is 6.09 Å². The lowest BCUT2D eigenvalue weighted by molar-refractivity contribution is -0.0477. The van der Waals surface area contributed by atoms with Gasteiger partial charge in [0.05, 0.1) is 0 Å². The molecule has 4 nitrogen and oxygen atoms in total. The number of nitrogens with zero attached hydrogens (tertiary/aromatic N) is 1. The molecule has 0 saturated heterocycles. The van der Waals surface area contributed by atoms with Crippen LogP contribution in [0, 0.1) is 0 Å². The van der Waals surface area contributed by atoms with E-state index in [1.165, 1.54) is 64.2 Å². The van der Waals surface area contributed by atoms with Crippen molar-refractivity contribution in [3.8, 4) is 0 Å². The number of ether oxygens (including phenoxy) is 1. The van der Waals surface area contributed by atoms with Gasteiger partial charge in [0.2, 0.25) is 0 Å². The monoisotopic (exact) mass is 428 g/mol. The first-order valence-corrected chi connectivity index (χ1v) is 12.5. The standard InChI is InChI=1S/C27H44N2O2/c1-25(2,28-24(30)31-22-23-14-8-5-9-15-23)20-21-29(26(3)16-10-6-11-17-26)27(4)18-12-7-13-19-27/h5,8-9,14-15H,6-7,10-13,16-22H2,1-4H3,(H,28,30). The van der Waals surface area contributed by atoms with E-state index in [0.29, 0.717) is 6.61 Å². The number of benzene rings is 1. The molecule has 4 heteroatoms. The van der Waals surface area contributed by atoms with Gasteiger partial charge in [-0.2, -0.15) is 0 Å². The van der Waals surface area contributed by atoms with Crippen molar-refractivity contribution in [2.24, 2.45) is 0 Å². The smallest absolute Gasteiger partial charge is 0.407 e. The van der Waals surface area contributed by atoms with E-state index >= 15 is 0 Å². The second kappa shape index (κ2) is 10.4. The minimum Gasteiger partial charge on any atom is -0.445 e. The van der Waals surface area contributed by atoms with Gasteiger partial charge in [-0.15, -0.1) is 0 Å². The highest BCUT2D eigenvalue weighted by Gasteiger charge is 2.44. The third kappa shape index (κ3) is 6.71. The summed E-state index contributed by atoms with van der Waals surface area (Å²) in [6, 6.07) is 9.86. The molecule has 3 rings (SSSR count). The molecule has 2 aliphatic rings. The fraction of sp³-hybridized carbons (Fsp3) is 0.741. The van der Waals surface area contributed by atoms with Crippen LogP contribution < -0.4 is 5.32 Å². The van der Waals surface area contributed by atoms with Gasteiger partial charge in [0.1, 0.15) is 6.61 Å². The van der Waals surface area contributed by atoms with Crippen LogP contribution in [-0.4, -0.2) is 34.2 Å². The second-order valence-corrected chi connectivity index (χ2v) is 11.1. The molecule has 0 aliphatic heterocycles. The van der Waals surface area contributed by atoms with E-state index in [2.05, 4.69) is 37.9 Å². The van der Waals surface area contributed by atoms with Crippen LogP contribution in [0.3, 0.4) is 0 Å². The quantitative estimate of drug-likeness (QED) is 0.493. The summed E-state index contributed by atoms with van der Waals surface area (Å²) < 4.78 is 5.48. The molecule has 0 spiro atoms. The summed E-state index contributed by atoms with van der Waals surface area (Å²) in [5.41, 5.74) is 1.28. The number of amides is 1. The summed E-state index contributed by atoms with van der Waals surface area (Å²) in [5.74, 6) is 0. The van der Waals surface area contributed by atoms with E-state index in [9.17, 15) is 4.79 Å². The Balaban J connectivity index is 1.60. The molecular weight excluding hydrogens is 384 g/mol. The Hall–Kier alpha value is -1.55. The van der Waals surface area contributed by atoms with Crippen LogP contribution in [0.15, 0.2) is 30.3 Å². The molecule has 0 bridgehead atoms. The Morgan fingerprint density at radius 2 is 1.45 bits per heavy atom. The zero-order valence-electron chi connectivity index (χ0n) is 20.3. The fourth-order valence-corrected chi connectivity index (χ4v) is 5.85. The maximum absolute atomic E-state index is 12.5. The lowest BCUT2D eigenvalue weighted by Crippen LogP contribution is -2.61. The molecular formula is C27H44N2O2. The molecule has 0 unspecified atom stereocenters. The summed E-state index contributed by atoms with van der Waals surface area (Å²) in [4.78, 5) is 15.3. The third-order valence-corrected chi connectivity index (χ3v) is 7.78. The van der Waals surface area contributed by atoms with Crippen LogP contribution in [0.1, 0.15) is 104 Å². The number of carbonyl (C=O) groups is 1. The Morgan fingerprint density at radius 3 is 1.97 bits per heavy atom. The van der Waals surface area contributed by atoms with Crippen molar-refractivity contribution in [2.75, 3.05) is 6.54 Å². The average molecular weight is 429 g/mol. The number of nitrogens with one attached hydrogen (secondary N) is 1. The number of rotatable bonds is 8. The highest BCUT2D eigenvalue weighted by molar-refractivity contribution is 5.68. The van der Waals surface area contributed by atoms with E-state index in [1.807, 2.05) is 30.3 Å². The molecule has 1 amide bonds. The van der Waals surface area contributed by atoms with Gasteiger partial charge >= 0.3 is 6.09 Å². The molecule has 1 aromatic rings. The van der Waals surface area contributed by atoms with Crippen LogP contribution in [0.25, 0.3) is 0 Å². The summed E-state index contributed by atoms with van der Waals surface area (Å²) in [6.07, 6.45) is 13.9. The molecule has 2 fully saturated rings. The maximum Gasteiger partial charge on any atom is 0.407 e. The van der Waals surface area contributed by atoms with Crippen molar-refractivity contribution < 1.29 is 9.53 Å². The van der Waals surface area contributed by atoms with Crippen LogP contribution in [-0.2, 0) is 11.3 Å². The van der Waals surface area contributed by atoms with E-state index in [1.54, 1.807) is 0 Å². The highest BCUT2D eigenvalue weighted by Crippen LogP contribution is 2.43. The first-order valence-electron chi connectivity index (χ1n) is 12.5. The van der Waals surface area contributed by atoms with Crippen LogP contribution in [0.5, 0.6) is 0 Å². The predicted molar refractivity (Wildman–Crippen MR) is 128 cm³/mol. The van der Waals surface area contributed by atoms with E-state index in [0.717, 1.165) is 18.5 Å². The predicted octanol–water partition coefficient (Wildman–Crippen LogP) is 6.83. The second-order valence-electron chi connectivity index (χ2n) is 11.1. The van der Waals surface area contributed by atoms with Crippen molar-refractivity contribution in [1.82, 2.24) is 10.2 Å². The minimum atomic E-state index is -0.326. The molecule has 174 valence electrons. The van der Waals surface area contributed by atoms with Crippen LogP contribution >= 0.6 is 0 Å². The average Bonchev–Trinajstić information content (AvgIpc) is 2.73. The number of carbonyl (C=O) groups excluding carboxylic acids is 1. The Labute approximate surface area is 190 Å². The highest BCUT2D eigenvalue weighted by atomic mass is 16.5. The van der Waals surface area contributed by atoms with Gasteiger partial charge in [0.15, 0.2) is 0 Å². The van der Waals surface area contributed by atoms with Crippen LogP contribution in [0.2, 0.25) is 0 Å². The maximum atomic E-state index is 12.5. The molecule has 2 saturated carbocycles. The summed E-state index contributed by atoms with van der Waals surface area (Å²) in [6.45, 7) is 10.6.